The highest BCUT2D eigenvalue weighted by Crippen LogP contribution is 2.24. The van der Waals surface area contributed by atoms with Crippen LogP contribution in [0.3, 0.4) is 0 Å². The fourth-order valence-electron chi connectivity index (χ4n) is 2.76. The van der Waals surface area contributed by atoms with E-state index >= 15 is 0 Å². The van der Waals surface area contributed by atoms with Gasteiger partial charge in [0, 0.05) is 35.3 Å². The van der Waals surface area contributed by atoms with Crippen LogP contribution in [0.1, 0.15) is 10.4 Å². The molecule has 8 nitrogen and oxygen atoms in total. The largest absolute Gasteiger partial charge is 0.497 e. The number of carbonyl (C=O) groups is 1. The zero-order chi connectivity index (χ0) is 19.5. The zero-order valence-corrected chi connectivity index (χ0v) is 15.3. The highest BCUT2D eigenvalue weighted by Gasteiger charge is 2.11. The maximum atomic E-state index is 12.6. The Kier molecular flexibility index (Phi) is 4.59. The van der Waals surface area contributed by atoms with Gasteiger partial charge in [-0.05, 0) is 24.3 Å². The minimum atomic E-state index is -0.257. The Balaban J connectivity index is 1.53. The van der Waals surface area contributed by atoms with Crippen LogP contribution in [0.5, 0.6) is 11.5 Å². The number of ether oxygens (including phenoxy) is 2. The molecular formula is C20H17N5O3. The molecule has 0 spiro atoms. The molecule has 2 aromatic carbocycles. The van der Waals surface area contributed by atoms with Crippen molar-refractivity contribution in [2.24, 2.45) is 0 Å². The van der Waals surface area contributed by atoms with Crippen LogP contribution in [0, 0.1) is 0 Å². The number of nitrogens with zero attached hydrogens (tertiary/aromatic N) is 4. The molecule has 0 aliphatic rings. The molecule has 8 heteroatoms. The summed E-state index contributed by atoms with van der Waals surface area (Å²) < 4.78 is 12.2. The second-order valence-corrected chi connectivity index (χ2v) is 5.98. The second-order valence-electron chi connectivity index (χ2n) is 5.98. The molecule has 0 aliphatic carbocycles. The zero-order valence-electron chi connectivity index (χ0n) is 15.3. The molecule has 0 radical (unpaired) electrons. The number of benzene rings is 2. The van der Waals surface area contributed by atoms with Crippen molar-refractivity contribution in [3.63, 3.8) is 0 Å². The molecule has 28 heavy (non-hydrogen) atoms. The molecule has 2 aromatic heterocycles. The second kappa shape index (κ2) is 7.36. The van der Waals surface area contributed by atoms with E-state index < -0.39 is 0 Å². The number of imidazole rings is 1. The number of nitrogens with one attached hydrogen (secondary N) is 1. The summed E-state index contributed by atoms with van der Waals surface area (Å²) >= 11 is 0. The van der Waals surface area contributed by atoms with Gasteiger partial charge in [0.15, 0.2) is 0 Å². The van der Waals surface area contributed by atoms with Crippen LogP contribution in [0.15, 0.2) is 61.1 Å². The van der Waals surface area contributed by atoms with Crippen LogP contribution in [0.4, 0.5) is 5.69 Å². The van der Waals surface area contributed by atoms with Crippen molar-refractivity contribution in [3.8, 4) is 22.8 Å². The summed E-state index contributed by atoms with van der Waals surface area (Å²) in [5, 5.41) is 10.7. The number of carbonyl (C=O) groups excluding carboxylic acids is 1. The topological polar surface area (TPSA) is 90.6 Å². The summed E-state index contributed by atoms with van der Waals surface area (Å²) in [6, 6.07) is 12.4. The van der Waals surface area contributed by atoms with Crippen molar-refractivity contribution in [2.75, 3.05) is 19.5 Å². The van der Waals surface area contributed by atoms with E-state index in [1.807, 2.05) is 30.5 Å². The van der Waals surface area contributed by atoms with Crippen LogP contribution < -0.4 is 14.8 Å². The number of hydrogen-bond acceptors (Lipinski definition) is 6. The van der Waals surface area contributed by atoms with E-state index in [4.69, 9.17) is 9.47 Å². The Hall–Kier alpha value is -3.94. The van der Waals surface area contributed by atoms with Crippen LogP contribution in [-0.2, 0) is 0 Å². The molecule has 4 aromatic rings. The summed E-state index contributed by atoms with van der Waals surface area (Å²) in [6.45, 7) is 0. The maximum absolute atomic E-state index is 12.6. The normalized spacial score (nSPS) is 10.6. The lowest BCUT2D eigenvalue weighted by Crippen LogP contribution is -2.12. The Morgan fingerprint density at radius 1 is 1.04 bits per heavy atom. The minimum absolute atomic E-state index is 0.257. The van der Waals surface area contributed by atoms with E-state index in [1.165, 1.54) is 0 Å². The number of methoxy groups -OCH3 is 2. The average Bonchev–Trinajstić information content (AvgIpc) is 3.18. The van der Waals surface area contributed by atoms with E-state index in [2.05, 4.69) is 20.5 Å². The van der Waals surface area contributed by atoms with E-state index in [-0.39, 0.29) is 5.91 Å². The summed E-state index contributed by atoms with van der Waals surface area (Å²) in [5.74, 6) is 1.37. The SMILES string of the molecule is COc1cc(OC)cc(C(=O)Nc2ccc(-c3cn4ccnnc4n3)cc2)c1. The summed E-state index contributed by atoms with van der Waals surface area (Å²) in [5.41, 5.74) is 2.79. The number of fused-ring (bicyclic) bond motifs is 1. The van der Waals surface area contributed by atoms with Gasteiger partial charge in [-0.15, -0.1) is 5.10 Å². The number of rotatable bonds is 5. The van der Waals surface area contributed by atoms with Gasteiger partial charge in [-0.1, -0.05) is 12.1 Å². The van der Waals surface area contributed by atoms with Crippen molar-refractivity contribution >= 4 is 17.4 Å². The summed E-state index contributed by atoms with van der Waals surface area (Å²) in [4.78, 5) is 17.0. The van der Waals surface area contributed by atoms with E-state index in [1.54, 1.807) is 49.2 Å². The maximum Gasteiger partial charge on any atom is 0.255 e. The Morgan fingerprint density at radius 3 is 2.39 bits per heavy atom. The quantitative estimate of drug-likeness (QED) is 0.576. The lowest BCUT2D eigenvalue weighted by molar-refractivity contribution is 0.102. The fourth-order valence-corrected chi connectivity index (χ4v) is 2.76. The smallest absolute Gasteiger partial charge is 0.255 e. The molecule has 0 atom stereocenters. The molecule has 140 valence electrons. The molecule has 1 amide bonds. The van der Waals surface area contributed by atoms with Crippen molar-refractivity contribution < 1.29 is 14.3 Å². The molecule has 0 saturated carbocycles. The molecule has 0 saturated heterocycles. The molecule has 0 fully saturated rings. The predicted octanol–water partition coefficient (Wildman–Crippen LogP) is 3.06. The predicted molar refractivity (Wildman–Crippen MR) is 104 cm³/mol. The fraction of sp³-hybridized carbons (Fsp3) is 0.100. The molecular weight excluding hydrogens is 358 g/mol. The van der Waals surface area contributed by atoms with Crippen molar-refractivity contribution in [1.29, 1.82) is 0 Å². The van der Waals surface area contributed by atoms with Gasteiger partial charge in [0.05, 0.1) is 26.1 Å². The van der Waals surface area contributed by atoms with Crippen LogP contribution in [0.25, 0.3) is 17.0 Å². The van der Waals surface area contributed by atoms with Crippen molar-refractivity contribution in [3.05, 3.63) is 66.6 Å². The van der Waals surface area contributed by atoms with Gasteiger partial charge in [-0.25, -0.2) is 4.98 Å². The first-order valence-electron chi connectivity index (χ1n) is 8.47. The number of anilines is 1. The Bertz CT molecular complexity index is 1080. The highest BCUT2D eigenvalue weighted by molar-refractivity contribution is 6.04. The average molecular weight is 375 g/mol. The van der Waals surface area contributed by atoms with Crippen LogP contribution in [0.2, 0.25) is 0 Å². The van der Waals surface area contributed by atoms with E-state index in [0.717, 1.165) is 11.3 Å². The molecule has 1 N–H and O–H groups in total. The molecule has 0 unspecified atom stereocenters. The minimum Gasteiger partial charge on any atom is -0.497 e. The van der Waals surface area contributed by atoms with Crippen molar-refractivity contribution in [2.45, 2.75) is 0 Å². The molecule has 0 aliphatic heterocycles. The summed E-state index contributed by atoms with van der Waals surface area (Å²) in [6.07, 6.45) is 5.26. The third-order valence-corrected chi connectivity index (χ3v) is 4.21. The van der Waals surface area contributed by atoms with E-state index in [9.17, 15) is 4.79 Å². The first-order valence-corrected chi connectivity index (χ1v) is 8.47. The third kappa shape index (κ3) is 3.48. The first kappa shape index (κ1) is 17.5. The van der Waals surface area contributed by atoms with Crippen molar-refractivity contribution in [1.82, 2.24) is 19.6 Å². The highest BCUT2D eigenvalue weighted by atomic mass is 16.5. The summed E-state index contributed by atoms with van der Waals surface area (Å²) in [7, 11) is 3.08. The van der Waals surface area contributed by atoms with E-state index in [0.29, 0.717) is 28.5 Å². The number of hydrogen-bond donors (Lipinski definition) is 1. The monoisotopic (exact) mass is 375 g/mol. The third-order valence-electron chi connectivity index (χ3n) is 4.21. The lowest BCUT2D eigenvalue weighted by Gasteiger charge is -2.09. The molecule has 4 rings (SSSR count). The van der Waals surface area contributed by atoms with Gasteiger partial charge in [0.2, 0.25) is 0 Å². The number of aromatic nitrogens is 4. The number of amides is 1. The Labute approximate surface area is 160 Å². The van der Waals surface area contributed by atoms with Gasteiger partial charge >= 0.3 is 0 Å². The van der Waals surface area contributed by atoms with Crippen LogP contribution >= 0.6 is 0 Å². The lowest BCUT2D eigenvalue weighted by atomic mass is 10.1. The van der Waals surface area contributed by atoms with Gasteiger partial charge in [-0.2, -0.15) is 5.10 Å². The standard InChI is InChI=1S/C20H17N5O3/c1-27-16-9-14(10-17(11-16)28-2)19(26)22-15-5-3-13(4-6-15)18-12-25-8-7-21-24-20(25)23-18/h3-12H,1-2H3,(H,22,26). The van der Waals surface area contributed by atoms with Gasteiger partial charge in [0.1, 0.15) is 11.5 Å². The first-order chi connectivity index (χ1) is 13.7. The Morgan fingerprint density at radius 2 is 1.75 bits per heavy atom. The van der Waals surface area contributed by atoms with Gasteiger partial charge in [-0.3, -0.25) is 9.20 Å². The van der Waals surface area contributed by atoms with Gasteiger partial charge < -0.3 is 14.8 Å². The molecule has 2 heterocycles. The molecule has 0 bridgehead atoms. The van der Waals surface area contributed by atoms with Crippen LogP contribution in [-0.4, -0.2) is 39.7 Å². The van der Waals surface area contributed by atoms with Gasteiger partial charge in [0.25, 0.3) is 11.7 Å².